The van der Waals surface area contributed by atoms with Crippen LogP contribution in [0.5, 0.6) is 0 Å². The van der Waals surface area contributed by atoms with Crippen molar-refractivity contribution in [1.82, 2.24) is 10.3 Å². The molecule has 74 valence electrons. The van der Waals surface area contributed by atoms with Crippen LogP contribution < -0.4 is 5.32 Å². The molecule has 1 heterocycles. The van der Waals surface area contributed by atoms with Gasteiger partial charge < -0.3 is 5.32 Å². The van der Waals surface area contributed by atoms with Crippen molar-refractivity contribution < 1.29 is 0 Å². The Bertz CT molecular complexity index is 350. The summed E-state index contributed by atoms with van der Waals surface area (Å²) in [6, 6.07) is 2.30. The van der Waals surface area contributed by atoms with Crippen molar-refractivity contribution in [3.05, 3.63) is 29.1 Å². The highest BCUT2D eigenvalue weighted by atomic mass is 14.9. The summed E-state index contributed by atoms with van der Waals surface area (Å²) in [5.74, 6) is 2.66. The highest BCUT2D eigenvalue weighted by Gasteiger charge is 2.11. The van der Waals surface area contributed by atoms with Gasteiger partial charge in [0.15, 0.2) is 0 Å². The zero-order valence-electron chi connectivity index (χ0n) is 8.96. The van der Waals surface area contributed by atoms with Gasteiger partial charge in [-0.3, -0.25) is 4.98 Å². The summed E-state index contributed by atoms with van der Waals surface area (Å²) in [5, 5.41) is 3.17. The topological polar surface area (TPSA) is 24.9 Å². The second kappa shape index (κ2) is 4.78. The lowest BCUT2D eigenvalue weighted by atomic mass is 10.0. The van der Waals surface area contributed by atoms with E-state index < -0.39 is 0 Å². The van der Waals surface area contributed by atoms with E-state index in [1.807, 2.05) is 20.2 Å². The lowest BCUT2D eigenvalue weighted by Crippen LogP contribution is -2.18. The van der Waals surface area contributed by atoms with Gasteiger partial charge in [0.2, 0.25) is 0 Å². The second-order valence-electron chi connectivity index (χ2n) is 3.46. The van der Waals surface area contributed by atoms with Crippen LogP contribution in [0.15, 0.2) is 12.3 Å². The molecule has 0 aliphatic heterocycles. The van der Waals surface area contributed by atoms with Gasteiger partial charge in [-0.2, -0.15) is 0 Å². The van der Waals surface area contributed by atoms with E-state index in [9.17, 15) is 0 Å². The minimum Gasteiger partial charge on any atom is -0.311 e. The number of aryl methyl sites for hydroxylation is 2. The number of rotatable bonds is 3. The van der Waals surface area contributed by atoms with Crippen LogP contribution in [0.2, 0.25) is 0 Å². The molecule has 1 aromatic rings. The number of hydrogen-bond acceptors (Lipinski definition) is 2. The van der Waals surface area contributed by atoms with Crippen LogP contribution in [0.3, 0.4) is 0 Å². The molecule has 0 aliphatic rings. The van der Waals surface area contributed by atoms with Gasteiger partial charge in [0.25, 0.3) is 0 Å². The number of nitrogens with one attached hydrogen (secondary N) is 1. The van der Waals surface area contributed by atoms with Crippen LogP contribution in [0.4, 0.5) is 0 Å². The first-order chi connectivity index (χ1) is 6.69. The fourth-order valence-corrected chi connectivity index (χ4v) is 1.54. The first kappa shape index (κ1) is 10.7. The third kappa shape index (κ3) is 2.34. The van der Waals surface area contributed by atoms with Crippen molar-refractivity contribution in [2.75, 3.05) is 7.05 Å². The average Bonchev–Trinajstić information content (AvgIpc) is 2.15. The van der Waals surface area contributed by atoms with Gasteiger partial charge in [0.05, 0.1) is 11.7 Å². The Morgan fingerprint density at radius 1 is 1.57 bits per heavy atom. The molecule has 0 bridgehead atoms. The lowest BCUT2D eigenvalue weighted by Gasteiger charge is -2.15. The monoisotopic (exact) mass is 188 g/mol. The Labute approximate surface area is 85.8 Å². The molecule has 0 aromatic carbocycles. The quantitative estimate of drug-likeness (QED) is 0.734. The molecule has 1 N–H and O–H groups in total. The summed E-state index contributed by atoms with van der Waals surface area (Å²) in [4.78, 5) is 4.41. The Hall–Kier alpha value is -1.33. The molecule has 2 heteroatoms. The summed E-state index contributed by atoms with van der Waals surface area (Å²) < 4.78 is 0. The van der Waals surface area contributed by atoms with Crippen molar-refractivity contribution in [3.8, 4) is 12.3 Å². The van der Waals surface area contributed by atoms with Gasteiger partial charge in [-0.25, -0.2) is 0 Å². The van der Waals surface area contributed by atoms with E-state index in [1.165, 1.54) is 11.1 Å². The maximum absolute atomic E-state index is 5.30. The zero-order valence-corrected chi connectivity index (χ0v) is 8.96. The zero-order chi connectivity index (χ0) is 10.6. The van der Waals surface area contributed by atoms with Gasteiger partial charge in [-0.15, -0.1) is 12.3 Å². The molecular weight excluding hydrogens is 172 g/mol. The molecule has 0 spiro atoms. The van der Waals surface area contributed by atoms with Crippen LogP contribution in [-0.2, 0) is 0 Å². The number of pyridine rings is 1. The Kier molecular flexibility index (Phi) is 3.67. The predicted molar refractivity (Wildman–Crippen MR) is 59.0 cm³/mol. The SMILES string of the molecule is C#CCC(NC)c1ncc(C)cc1C. The molecule has 0 fully saturated rings. The van der Waals surface area contributed by atoms with E-state index in [2.05, 4.69) is 29.2 Å². The normalized spacial score (nSPS) is 12.1. The van der Waals surface area contributed by atoms with E-state index in [1.54, 1.807) is 0 Å². The molecule has 0 amide bonds. The fraction of sp³-hybridized carbons (Fsp3) is 0.417. The van der Waals surface area contributed by atoms with Gasteiger partial charge in [0, 0.05) is 12.6 Å². The Morgan fingerprint density at radius 3 is 2.79 bits per heavy atom. The standard InChI is InChI=1S/C12H16N2/c1-5-6-11(13-4)12-10(3)7-9(2)8-14-12/h1,7-8,11,13H,6H2,2-4H3. The van der Waals surface area contributed by atoms with Crippen LogP contribution in [0.25, 0.3) is 0 Å². The van der Waals surface area contributed by atoms with E-state index in [-0.39, 0.29) is 6.04 Å². The Morgan fingerprint density at radius 2 is 2.29 bits per heavy atom. The Balaban J connectivity index is 2.99. The number of aromatic nitrogens is 1. The van der Waals surface area contributed by atoms with E-state index in [4.69, 9.17) is 6.42 Å². The molecule has 0 saturated heterocycles. The third-order valence-corrected chi connectivity index (χ3v) is 2.26. The first-order valence-electron chi connectivity index (χ1n) is 4.73. The third-order valence-electron chi connectivity index (χ3n) is 2.26. The number of terminal acetylenes is 1. The fourth-order valence-electron chi connectivity index (χ4n) is 1.54. The van der Waals surface area contributed by atoms with Gasteiger partial charge in [-0.1, -0.05) is 6.07 Å². The van der Waals surface area contributed by atoms with Crippen molar-refractivity contribution in [1.29, 1.82) is 0 Å². The van der Waals surface area contributed by atoms with Gasteiger partial charge in [0.1, 0.15) is 0 Å². The highest BCUT2D eigenvalue weighted by molar-refractivity contribution is 5.26. The van der Waals surface area contributed by atoms with Crippen molar-refractivity contribution in [3.63, 3.8) is 0 Å². The molecule has 0 saturated carbocycles. The molecular formula is C12H16N2. The second-order valence-corrected chi connectivity index (χ2v) is 3.46. The molecule has 1 unspecified atom stereocenters. The minimum atomic E-state index is 0.167. The summed E-state index contributed by atoms with van der Waals surface area (Å²) in [6.07, 6.45) is 7.86. The maximum atomic E-state index is 5.30. The molecule has 2 nitrogen and oxygen atoms in total. The van der Waals surface area contributed by atoms with Crippen LogP contribution >= 0.6 is 0 Å². The van der Waals surface area contributed by atoms with E-state index in [0.717, 1.165) is 5.69 Å². The molecule has 1 atom stereocenters. The molecule has 1 aromatic heterocycles. The van der Waals surface area contributed by atoms with Gasteiger partial charge >= 0.3 is 0 Å². The average molecular weight is 188 g/mol. The molecule has 14 heavy (non-hydrogen) atoms. The largest absolute Gasteiger partial charge is 0.311 e. The predicted octanol–water partition coefficient (Wildman–Crippen LogP) is 1.98. The van der Waals surface area contributed by atoms with E-state index in [0.29, 0.717) is 6.42 Å². The lowest BCUT2D eigenvalue weighted by molar-refractivity contribution is 0.590. The van der Waals surface area contributed by atoms with Crippen LogP contribution in [0, 0.1) is 26.2 Å². The van der Waals surface area contributed by atoms with Crippen LogP contribution in [-0.4, -0.2) is 12.0 Å². The molecule has 1 rings (SSSR count). The van der Waals surface area contributed by atoms with Crippen molar-refractivity contribution in [2.45, 2.75) is 26.3 Å². The minimum absolute atomic E-state index is 0.167. The highest BCUT2D eigenvalue weighted by Crippen LogP contribution is 2.17. The smallest absolute Gasteiger partial charge is 0.0612 e. The van der Waals surface area contributed by atoms with Gasteiger partial charge in [-0.05, 0) is 32.0 Å². The first-order valence-corrected chi connectivity index (χ1v) is 4.73. The maximum Gasteiger partial charge on any atom is 0.0612 e. The number of nitrogens with zero attached hydrogens (tertiary/aromatic N) is 1. The van der Waals surface area contributed by atoms with E-state index >= 15 is 0 Å². The summed E-state index contributed by atoms with van der Waals surface area (Å²) in [6.45, 7) is 4.11. The molecule has 0 aliphatic carbocycles. The van der Waals surface area contributed by atoms with Crippen molar-refractivity contribution >= 4 is 0 Å². The molecule has 0 radical (unpaired) electrons. The van der Waals surface area contributed by atoms with Crippen molar-refractivity contribution in [2.24, 2.45) is 0 Å². The number of hydrogen-bond donors (Lipinski definition) is 1. The summed E-state index contributed by atoms with van der Waals surface area (Å²) in [7, 11) is 1.91. The van der Waals surface area contributed by atoms with Crippen LogP contribution in [0.1, 0.15) is 29.3 Å². The summed E-state index contributed by atoms with van der Waals surface area (Å²) >= 11 is 0. The summed E-state index contributed by atoms with van der Waals surface area (Å²) in [5.41, 5.74) is 3.43.